The molecule has 0 N–H and O–H groups in total. The number of rotatable bonds is 5. The molecule has 1 amide bonds. The molecule has 1 aliphatic heterocycles. The first kappa shape index (κ1) is 14.9. The van der Waals surface area contributed by atoms with Crippen LogP contribution in [0.5, 0.6) is 5.88 Å². The Morgan fingerprint density at radius 1 is 1.12 bits per heavy atom. The van der Waals surface area contributed by atoms with Crippen molar-refractivity contribution in [2.75, 3.05) is 24.5 Å². The molecule has 4 rings (SSSR count). The van der Waals surface area contributed by atoms with Crippen molar-refractivity contribution in [1.82, 2.24) is 14.9 Å². The van der Waals surface area contributed by atoms with Gasteiger partial charge in [0.05, 0.1) is 0 Å². The minimum absolute atomic E-state index is 0.169. The van der Waals surface area contributed by atoms with E-state index in [4.69, 9.17) is 4.74 Å². The van der Waals surface area contributed by atoms with Gasteiger partial charge in [0.2, 0.25) is 17.7 Å². The van der Waals surface area contributed by atoms with Gasteiger partial charge >= 0.3 is 0 Å². The summed E-state index contributed by atoms with van der Waals surface area (Å²) in [5.74, 6) is 1.26. The zero-order chi connectivity index (χ0) is 16.4. The van der Waals surface area contributed by atoms with Crippen LogP contribution in [0.15, 0.2) is 42.6 Å². The lowest BCUT2D eigenvalue weighted by molar-refractivity contribution is -0.131. The van der Waals surface area contributed by atoms with Crippen molar-refractivity contribution in [3.8, 4) is 5.88 Å². The molecule has 2 aliphatic rings. The topological polar surface area (TPSA) is 58.6 Å². The van der Waals surface area contributed by atoms with E-state index in [9.17, 15) is 4.79 Å². The van der Waals surface area contributed by atoms with E-state index in [1.807, 2.05) is 40.1 Å². The normalized spacial score (nSPS) is 17.9. The molecule has 0 radical (unpaired) electrons. The SMILES string of the molecule is O=C1CN(c2nccc(OCc3ccccc3)n2)CCN1C1CC1. The highest BCUT2D eigenvalue weighted by Gasteiger charge is 2.36. The first-order valence-corrected chi connectivity index (χ1v) is 8.34. The number of hydrogen-bond donors (Lipinski definition) is 0. The molecule has 6 nitrogen and oxygen atoms in total. The minimum Gasteiger partial charge on any atom is -0.473 e. The molecule has 0 spiro atoms. The Morgan fingerprint density at radius 2 is 1.96 bits per heavy atom. The van der Waals surface area contributed by atoms with Crippen molar-refractivity contribution in [3.05, 3.63) is 48.2 Å². The number of ether oxygens (including phenoxy) is 1. The maximum Gasteiger partial charge on any atom is 0.242 e. The molecule has 1 aromatic carbocycles. The molecule has 24 heavy (non-hydrogen) atoms. The highest BCUT2D eigenvalue weighted by Crippen LogP contribution is 2.28. The fourth-order valence-corrected chi connectivity index (χ4v) is 2.93. The molecular formula is C18H20N4O2. The van der Waals surface area contributed by atoms with Gasteiger partial charge in [-0.2, -0.15) is 4.98 Å². The molecular weight excluding hydrogens is 304 g/mol. The second-order valence-electron chi connectivity index (χ2n) is 6.21. The number of hydrogen-bond acceptors (Lipinski definition) is 5. The predicted octanol–water partition coefficient (Wildman–Crippen LogP) is 1.87. The van der Waals surface area contributed by atoms with Gasteiger partial charge < -0.3 is 14.5 Å². The van der Waals surface area contributed by atoms with Crippen LogP contribution in [0, 0.1) is 0 Å². The van der Waals surface area contributed by atoms with E-state index >= 15 is 0 Å². The van der Waals surface area contributed by atoms with Crippen molar-refractivity contribution < 1.29 is 9.53 Å². The highest BCUT2D eigenvalue weighted by molar-refractivity contribution is 5.82. The molecule has 124 valence electrons. The summed E-state index contributed by atoms with van der Waals surface area (Å²) in [5.41, 5.74) is 1.09. The Kier molecular flexibility index (Phi) is 4.02. The van der Waals surface area contributed by atoms with E-state index in [0.29, 0.717) is 31.0 Å². The van der Waals surface area contributed by atoms with E-state index in [-0.39, 0.29) is 5.91 Å². The first-order valence-electron chi connectivity index (χ1n) is 8.34. The molecule has 2 heterocycles. The average Bonchev–Trinajstić information content (AvgIpc) is 3.46. The lowest BCUT2D eigenvalue weighted by Crippen LogP contribution is -2.51. The van der Waals surface area contributed by atoms with Gasteiger partial charge in [0.15, 0.2) is 0 Å². The van der Waals surface area contributed by atoms with E-state index in [2.05, 4.69) is 9.97 Å². The summed E-state index contributed by atoms with van der Waals surface area (Å²) in [4.78, 5) is 24.9. The van der Waals surface area contributed by atoms with Crippen LogP contribution in [0.4, 0.5) is 5.95 Å². The van der Waals surface area contributed by atoms with Crippen molar-refractivity contribution in [3.63, 3.8) is 0 Å². The fourth-order valence-electron chi connectivity index (χ4n) is 2.93. The zero-order valence-corrected chi connectivity index (χ0v) is 13.5. The van der Waals surface area contributed by atoms with Crippen molar-refractivity contribution >= 4 is 11.9 Å². The number of piperazine rings is 1. The quantitative estimate of drug-likeness (QED) is 0.840. The Labute approximate surface area is 141 Å². The highest BCUT2D eigenvalue weighted by atomic mass is 16.5. The third kappa shape index (κ3) is 3.32. The molecule has 1 saturated carbocycles. The standard InChI is InChI=1S/C18H20N4O2/c23-17-12-21(10-11-22(17)15-6-7-15)18-19-9-8-16(20-18)24-13-14-4-2-1-3-5-14/h1-5,8-9,15H,6-7,10-13H2. The van der Waals surface area contributed by atoms with Crippen LogP contribution in [0.3, 0.4) is 0 Å². The van der Waals surface area contributed by atoms with Crippen molar-refractivity contribution in [2.24, 2.45) is 0 Å². The first-order chi connectivity index (χ1) is 11.8. The molecule has 1 aromatic heterocycles. The summed E-state index contributed by atoms with van der Waals surface area (Å²) in [6, 6.07) is 12.2. The summed E-state index contributed by atoms with van der Waals surface area (Å²) < 4.78 is 5.75. The summed E-state index contributed by atoms with van der Waals surface area (Å²) in [7, 11) is 0. The van der Waals surface area contributed by atoms with E-state index < -0.39 is 0 Å². The van der Waals surface area contributed by atoms with Crippen molar-refractivity contribution in [2.45, 2.75) is 25.5 Å². The van der Waals surface area contributed by atoms with Crippen molar-refractivity contribution in [1.29, 1.82) is 0 Å². The van der Waals surface area contributed by atoms with Crippen LogP contribution in [-0.2, 0) is 11.4 Å². The second kappa shape index (κ2) is 6.47. The van der Waals surface area contributed by atoms with Gasteiger partial charge in [0.1, 0.15) is 13.2 Å². The lowest BCUT2D eigenvalue weighted by Gasteiger charge is -2.34. The third-order valence-corrected chi connectivity index (χ3v) is 4.37. The number of carbonyl (C=O) groups excluding carboxylic acids is 1. The maximum atomic E-state index is 12.3. The molecule has 1 aliphatic carbocycles. The van der Waals surface area contributed by atoms with E-state index in [1.54, 1.807) is 12.3 Å². The summed E-state index contributed by atoms with van der Waals surface area (Å²) in [5, 5.41) is 0. The lowest BCUT2D eigenvalue weighted by atomic mass is 10.2. The maximum absolute atomic E-state index is 12.3. The second-order valence-corrected chi connectivity index (χ2v) is 6.21. The number of benzene rings is 1. The number of aromatic nitrogens is 2. The Bertz CT molecular complexity index is 718. The van der Waals surface area contributed by atoms with E-state index in [1.165, 1.54) is 0 Å². The van der Waals surface area contributed by atoms with Crippen LogP contribution < -0.4 is 9.64 Å². The minimum atomic E-state index is 0.169. The zero-order valence-electron chi connectivity index (χ0n) is 13.5. The average molecular weight is 324 g/mol. The van der Waals surface area contributed by atoms with Gasteiger partial charge in [-0.15, -0.1) is 0 Å². The van der Waals surface area contributed by atoms with Gasteiger partial charge in [-0.1, -0.05) is 30.3 Å². The van der Waals surface area contributed by atoms with Gasteiger partial charge in [-0.25, -0.2) is 4.98 Å². The third-order valence-electron chi connectivity index (χ3n) is 4.37. The smallest absolute Gasteiger partial charge is 0.242 e. The van der Waals surface area contributed by atoms with Crippen LogP contribution in [0.2, 0.25) is 0 Å². The van der Waals surface area contributed by atoms with Crippen LogP contribution in [0.1, 0.15) is 18.4 Å². The molecule has 2 aromatic rings. The summed E-state index contributed by atoms with van der Waals surface area (Å²) in [6.07, 6.45) is 3.97. The predicted molar refractivity (Wildman–Crippen MR) is 89.8 cm³/mol. The van der Waals surface area contributed by atoms with Crippen LogP contribution in [0.25, 0.3) is 0 Å². The van der Waals surface area contributed by atoms with Gasteiger partial charge in [0.25, 0.3) is 0 Å². The van der Waals surface area contributed by atoms with Crippen LogP contribution in [-0.4, -0.2) is 46.5 Å². The monoisotopic (exact) mass is 324 g/mol. The molecule has 0 atom stereocenters. The largest absolute Gasteiger partial charge is 0.473 e. The molecule has 1 saturated heterocycles. The number of nitrogens with zero attached hydrogens (tertiary/aromatic N) is 4. The van der Waals surface area contributed by atoms with E-state index in [0.717, 1.165) is 31.5 Å². The van der Waals surface area contributed by atoms with Gasteiger partial charge in [-0.05, 0) is 18.4 Å². The molecule has 0 unspecified atom stereocenters. The number of carbonyl (C=O) groups is 1. The molecule has 6 heteroatoms. The summed E-state index contributed by atoms with van der Waals surface area (Å²) in [6.45, 7) is 2.33. The van der Waals surface area contributed by atoms with Gasteiger partial charge in [-0.3, -0.25) is 4.79 Å². The fraction of sp³-hybridized carbons (Fsp3) is 0.389. The molecule has 0 bridgehead atoms. The molecule has 2 fully saturated rings. The Hall–Kier alpha value is -2.63. The van der Waals surface area contributed by atoms with Crippen LogP contribution >= 0.6 is 0 Å². The number of anilines is 1. The van der Waals surface area contributed by atoms with Gasteiger partial charge in [0, 0.05) is 31.4 Å². The Balaban J connectivity index is 1.40. The summed E-state index contributed by atoms with van der Waals surface area (Å²) >= 11 is 0. The Morgan fingerprint density at radius 3 is 2.71 bits per heavy atom. The number of amides is 1.